The summed E-state index contributed by atoms with van der Waals surface area (Å²) in [5.74, 6) is 1.16. The highest BCUT2D eigenvalue weighted by Gasteiger charge is 2.24. The van der Waals surface area contributed by atoms with Crippen molar-refractivity contribution in [1.29, 1.82) is 0 Å². The van der Waals surface area contributed by atoms with Crippen LogP contribution in [0.2, 0.25) is 0 Å². The van der Waals surface area contributed by atoms with Gasteiger partial charge in [0.25, 0.3) is 0 Å². The Morgan fingerprint density at radius 1 is 1.35 bits per heavy atom. The van der Waals surface area contributed by atoms with Crippen molar-refractivity contribution < 1.29 is 9.84 Å². The van der Waals surface area contributed by atoms with E-state index in [1.54, 1.807) is 11.3 Å². The molecule has 0 amide bonds. The molecule has 1 fully saturated rings. The number of ether oxygens (including phenoxy) is 1. The Kier molecular flexibility index (Phi) is 5.61. The second kappa shape index (κ2) is 7.88. The molecular formula is C17H23N3O2S. The summed E-state index contributed by atoms with van der Waals surface area (Å²) in [6, 6.07) is 8.04. The number of aliphatic hydroxyl groups excluding tert-OH is 1. The third kappa shape index (κ3) is 4.75. The monoisotopic (exact) mass is 333 g/mol. The van der Waals surface area contributed by atoms with Crippen molar-refractivity contribution in [2.24, 2.45) is 5.92 Å². The van der Waals surface area contributed by atoms with E-state index in [9.17, 15) is 5.11 Å². The van der Waals surface area contributed by atoms with Crippen LogP contribution in [0.3, 0.4) is 0 Å². The molecule has 1 aliphatic rings. The molecule has 2 aromatic rings. The van der Waals surface area contributed by atoms with Crippen molar-refractivity contribution in [3.63, 3.8) is 0 Å². The summed E-state index contributed by atoms with van der Waals surface area (Å²) in [4.78, 5) is 4.58. The zero-order valence-electron chi connectivity index (χ0n) is 13.3. The van der Waals surface area contributed by atoms with E-state index in [1.165, 1.54) is 5.56 Å². The van der Waals surface area contributed by atoms with Gasteiger partial charge in [-0.05, 0) is 19.1 Å². The number of nitrogens with zero attached hydrogens (tertiary/aromatic N) is 1. The van der Waals surface area contributed by atoms with Gasteiger partial charge in [-0.1, -0.05) is 17.7 Å². The van der Waals surface area contributed by atoms with Crippen LogP contribution >= 0.6 is 11.3 Å². The van der Waals surface area contributed by atoms with Gasteiger partial charge in [0, 0.05) is 37.5 Å². The molecule has 3 rings (SSSR count). The van der Waals surface area contributed by atoms with Gasteiger partial charge in [-0.25, -0.2) is 4.98 Å². The summed E-state index contributed by atoms with van der Waals surface area (Å²) in [5, 5.41) is 19.4. The second-order valence-electron chi connectivity index (χ2n) is 5.95. The molecule has 2 unspecified atom stereocenters. The zero-order chi connectivity index (χ0) is 16.1. The van der Waals surface area contributed by atoms with E-state index in [0.717, 1.165) is 36.1 Å². The van der Waals surface area contributed by atoms with Crippen molar-refractivity contribution in [2.45, 2.75) is 26.2 Å². The fourth-order valence-electron chi connectivity index (χ4n) is 2.59. The van der Waals surface area contributed by atoms with E-state index in [4.69, 9.17) is 4.74 Å². The van der Waals surface area contributed by atoms with Gasteiger partial charge in [0.05, 0.1) is 11.8 Å². The number of hydrogen-bond donors (Lipinski definition) is 3. The maximum absolute atomic E-state index is 9.75. The molecular weight excluding hydrogens is 310 g/mol. The number of rotatable bonds is 7. The number of hydrogen-bond acceptors (Lipinski definition) is 6. The van der Waals surface area contributed by atoms with Gasteiger partial charge in [0.2, 0.25) is 0 Å². The minimum atomic E-state index is -0.239. The smallest absolute Gasteiger partial charge is 0.140 e. The molecule has 1 aromatic carbocycles. The van der Waals surface area contributed by atoms with Gasteiger partial charge in [-0.15, -0.1) is 11.3 Å². The van der Waals surface area contributed by atoms with Crippen LogP contribution in [0.15, 0.2) is 29.6 Å². The van der Waals surface area contributed by atoms with E-state index in [0.29, 0.717) is 13.2 Å². The summed E-state index contributed by atoms with van der Waals surface area (Å²) >= 11 is 1.62. The third-order valence-electron chi connectivity index (χ3n) is 4.00. The quantitative estimate of drug-likeness (QED) is 0.720. The average molecular weight is 333 g/mol. The molecule has 2 atom stereocenters. The first-order chi connectivity index (χ1) is 11.2. The van der Waals surface area contributed by atoms with Gasteiger partial charge >= 0.3 is 0 Å². The maximum atomic E-state index is 9.75. The Balaban J connectivity index is 1.41. The molecule has 1 aromatic heterocycles. The minimum absolute atomic E-state index is 0.239. The second-order valence-corrected chi connectivity index (χ2v) is 6.89. The number of aryl methyl sites for hydroxylation is 1. The molecule has 0 spiro atoms. The summed E-state index contributed by atoms with van der Waals surface area (Å²) in [6.07, 6.45) is -0.239. The van der Waals surface area contributed by atoms with Crippen LogP contribution in [-0.4, -0.2) is 35.8 Å². The van der Waals surface area contributed by atoms with Gasteiger partial charge in [0.15, 0.2) is 0 Å². The molecule has 6 heteroatoms. The first-order valence-corrected chi connectivity index (χ1v) is 8.81. The predicted molar refractivity (Wildman–Crippen MR) is 91.7 cm³/mol. The minimum Gasteiger partial charge on any atom is -0.486 e. The fraction of sp³-hybridized carbons (Fsp3) is 0.471. The SMILES string of the molecule is Cc1ccc(OCc2nc(CNCC3CNCC3O)cs2)cc1. The fourth-order valence-corrected chi connectivity index (χ4v) is 3.29. The van der Waals surface area contributed by atoms with Crippen molar-refractivity contribution >= 4 is 11.3 Å². The van der Waals surface area contributed by atoms with Gasteiger partial charge in [-0.2, -0.15) is 0 Å². The van der Waals surface area contributed by atoms with Crippen LogP contribution in [0.1, 0.15) is 16.3 Å². The Labute approximate surface area is 140 Å². The van der Waals surface area contributed by atoms with Crippen LogP contribution in [0, 0.1) is 12.8 Å². The normalized spacial score (nSPS) is 20.8. The Bertz CT molecular complexity index is 615. The molecule has 0 radical (unpaired) electrons. The number of thiazole rings is 1. The molecule has 2 heterocycles. The van der Waals surface area contributed by atoms with Gasteiger partial charge < -0.3 is 20.5 Å². The Morgan fingerprint density at radius 3 is 2.91 bits per heavy atom. The van der Waals surface area contributed by atoms with Crippen molar-refractivity contribution in [3.8, 4) is 5.75 Å². The van der Waals surface area contributed by atoms with Crippen LogP contribution in [0.5, 0.6) is 5.75 Å². The van der Waals surface area contributed by atoms with Crippen molar-refractivity contribution in [2.75, 3.05) is 19.6 Å². The molecule has 5 nitrogen and oxygen atoms in total. The van der Waals surface area contributed by atoms with Gasteiger partial charge in [0.1, 0.15) is 17.4 Å². The lowest BCUT2D eigenvalue weighted by atomic mass is 10.1. The molecule has 0 aliphatic carbocycles. The van der Waals surface area contributed by atoms with Gasteiger partial charge in [-0.3, -0.25) is 0 Å². The average Bonchev–Trinajstić information content (AvgIpc) is 3.17. The van der Waals surface area contributed by atoms with Crippen molar-refractivity contribution in [3.05, 3.63) is 45.9 Å². The van der Waals surface area contributed by atoms with E-state index >= 15 is 0 Å². The maximum Gasteiger partial charge on any atom is 0.140 e. The molecule has 1 saturated heterocycles. The molecule has 0 saturated carbocycles. The van der Waals surface area contributed by atoms with E-state index in [-0.39, 0.29) is 12.0 Å². The summed E-state index contributed by atoms with van der Waals surface area (Å²) in [7, 11) is 0. The lowest BCUT2D eigenvalue weighted by Crippen LogP contribution is -2.30. The van der Waals surface area contributed by atoms with E-state index in [1.807, 2.05) is 24.3 Å². The highest BCUT2D eigenvalue weighted by Crippen LogP contribution is 2.16. The molecule has 124 valence electrons. The number of benzene rings is 1. The van der Waals surface area contributed by atoms with E-state index < -0.39 is 0 Å². The number of nitrogens with one attached hydrogen (secondary N) is 2. The topological polar surface area (TPSA) is 66.4 Å². The van der Waals surface area contributed by atoms with Crippen LogP contribution in [0.4, 0.5) is 0 Å². The first kappa shape index (κ1) is 16.4. The number of aliphatic hydroxyl groups is 1. The Hall–Kier alpha value is -1.47. The predicted octanol–water partition coefficient (Wildman–Crippen LogP) is 1.70. The highest BCUT2D eigenvalue weighted by atomic mass is 32.1. The first-order valence-electron chi connectivity index (χ1n) is 7.93. The van der Waals surface area contributed by atoms with Crippen LogP contribution in [0.25, 0.3) is 0 Å². The van der Waals surface area contributed by atoms with Crippen molar-refractivity contribution in [1.82, 2.24) is 15.6 Å². The largest absolute Gasteiger partial charge is 0.486 e. The van der Waals surface area contributed by atoms with Crippen LogP contribution < -0.4 is 15.4 Å². The molecule has 0 bridgehead atoms. The third-order valence-corrected chi connectivity index (χ3v) is 4.87. The summed E-state index contributed by atoms with van der Waals surface area (Å²) in [6.45, 7) is 5.67. The molecule has 1 aliphatic heterocycles. The standard InChI is InChI=1S/C17H23N3O2S/c1-12-2-4-15(5-3-12)22-10-17-20-14(11-23-17)8-18-6-13-7-19-9-16(13)21/h2-5,11,13,16,18-19,21H,6-10H2,1H3. The Morgan fingerprint density at radius 2 is 2.17 bits per heavy atom. The number of β-amino-alcohol motifs (C(OH)–C–C–N with tert-alkyl or cyclic N) is 1. The lowest BCUT2D eigenvalue weighted by Gasteiger charge is -2.13. The van der Waals surface area contributed by atoms with Crippen LogP contribution in [-0.2, 0) is 13.2 Å². The lowest BCUT2D eigenvalue weighted by molar-refractivity contribution is 0.146. The molecule has 23 heavy (non-hydrogen) atoms. The summed E-state index contributed by atoms with van der Waals surface area (Å²) < 4.78 is 5.75. The zero-order valence-corrected chi connectivity index (χ0v) is 14.1. The number of aromatic nitrogens is 1. The molecule has 3 N–H and O–H groups in total. The summed E-state index contributed by atoms with van der Waals surface area (Å²) in [5.41, 5.74) is 2.25. The van der Waals surface area contributed by atoms with E-state index in [2.05, 4.69) is 27.9 Å². The highest BCUT2D eigenvalue weighted by molar-refractivity contribution is 7.09.